The molecule has 0 amide bonds. The smallest absolute Gasteiger partial charge is 0.0786 e. The maximum atomic E-state index is 2.38. The molecule has 0 rings (SSSR count). The van der Waals surface area contributed by atoms with Crippen molar-refractivity contribution in [2.45, 2.75) is 329 Å². The summed E-state index contributed by atoms with van der Waals surface area (Å²) < 4.78 is 1.49. The van der Waals surface area contributed by atoms with Crippen LogP contribution >= 0.6 is 0 Å². The second kappa shape index (κ2) is 49.3. The number of nitrogens with zero attached hydrogens (tertiary/aromatic N) is 1. The minimum atomic E-state index is 1.37. The normalized spacial score (nSPS) is 12.0. The molecule has 56 heavy (non-hydrogen) atoms. The lowest BCUT2D eigenvalue weighted by atomic mass is 10.0. The summed E-state index contributed by atoms with van der Waals surface area (Å²) in [6.45, 7) is 15.3. The van der Waals surface area contributed by atoms with E-state index >= 15 is 0 Å². The second-order valence-electron chi connectivity index (χ2n) is 19.4. The summed E-state index contributed by atoms with van der Waals surface area (Å²) in [4.78, 5) is 0. The van der Waals surface area contributed by atoms with Crippen LogP contribution in [-0.2, 0) is 0 Å². The van der Waals surface area contributed by atoms with Gasteiger partial charge in [-0.05, 0) is 51.4 Å². The molecule has 0 aromatic rings. The average molecular weight is 790 g/mol. The van der Waals surface area contributed by atoms with Gasteiger partial charge in [0, 0.05) is 0 Å². The number of unbranched alkanes of at least 4 members (excludes halogenated alkanes) is 43. The van der Waals surface area contributed by atoms with Crippen LogP contribution in [0.5, 0.6) is 0 Å². The summed E-state index contributed by atoms with van der Waals surface area (Å²) >= 11 is 0. The lowest BCUT2D eigenvalue weighted by molar-refractivity contribution is -0.929. The van der Waals surface area contributed by atoms with Crippen LogP contribution in [0.25, 0.3) is 0 Å². The van der Waals surface area contributed by atoms with Gasteiger partial charge in [0.05, 0.1) is 26.2 Å². The number of rotatable bonds is 51. The summed E-state index contributed by atoms with van der Waals surface area (Å²) in [5, 5.41) is 0. The van der Waals surface area contributed by atoms with Crippen molar-refractivity contribution >= 4 is 0 Å². The highest BCUT2D eigenvalue weighted by atomic mass is 15.3. The molecule has 0 atom stereocenters. The molecule has 0 aliphatic rings. The van der Waals surface area contributed by atoms with Crippen molar-refractivity contribution in [1.82, 2.24) is 0 Å². The van der Waals surface area contributed by atoms with Gasteiger partial charge >= 0.3 is 0 Å². The van der Waals surface area contributed by atoms with Crippen LogP contribution < -0.4 is 0 Å². The Balaban J connectivity index is 4.66. The largest absolute Gasteiger partial charge is 0.324 e. The van der Waals surface area contributed by atoms with E-state index in [1.807, 2.05) is 0 Å². The highest BCUT2D eigenvalue weighted by molar-refractivity contribution is 4.57. The number of hydrogen-bond donors (Lipinski definition) is 0. The fourth-order valence-corrected chi connectivity index (χ4v) is 9.65. The molecule has 0 saturated carbocycles. The molecule has 0 spiro atoms. The average Bonchev–Trinajstić information content (AvgIpc) is 3.21. The van der Waals surface area contributed by atoms with E-state index in [9.17, 15) is 0 Å². The second-order valence-corrected chi connectivity index (χ2v) is 19.4. The Morgan fingerprint density at radius 2 is 0.250 bits per heavy atom. The Morgan fingerprint density at radius 1 is 0.143 bits per heavy atom. The van der Waals surface area contributed by atoms with Crippen LogP contribution in [0.4, 0.5) is 0 Å². The molecule has 0 N–H and O–H groups in total. The zero-order chi connectivity index (χ0) is 40.6. The van der Waals surface area contributed by atoms with Gasteiger partial charge < -0.3 is 4.48 Å². The summed E-state index contributed by atoms with van der Waals surface area (Å²) in [6.07, 6.45) is 69.2. The molecule has 1 nitrogen and oxygen atoms in total. The van der Waals surface area contributed by atoms with E-state index < -0.39 is 0 Å². The van der Waals surface area contributed by atoms with Gasteiger partial charge in [-0.2, -0.15) is 0 Å². The molecule has 0 radical (unpaired) electrons. The van der Waals surface area contributed by atoms with Gasteiger partial charge in [0.1, 0.15) is 0 Å². The van der Waals surface area contributed by atoms with Crippen LogP contribution in [-0.4, -0.2) is 30.7 Å². The van der Waals surface area contributed by atoms with Crippen molar-refractivity contribution in [2.24, 2.45) is 0 Å². The summed E-state index contributed by atoms with van der Waals surface area (Å²) in [6, 6.07) is 0. The van der Waals surface area contributed by atoms with Crippen LogP contribution in [0.1, 0.15) is 329 Å². The van der Waals surface area contributed by atoms with Gasteiger partial charge in [0.25, 0.3) is 0 Å². The zero-order valence-corrected chi connectivity index (χ0v) is 40.5. The Labute approximate surface area is 358 Å². The van der Waals surface area contributed by atoms with Crippen LogP contribution in [0.2, 0.25) is 0 Å². The summed E-state index contributed by atoms with van der Waals surface area (Å²) in [5.74, 6) is 0. The molecule has 0 aliphatic carbocycles. The maximum absolute atomic E-state index is 2.38. The lowest BCUT2D eigenvalue weighted by Gasteiger charge is -2.40. The minimum absolute atomic E-state index is 1.37. The fraction of sp³-hybridized carbons (Fsp3) is 1.00. The van der Waals surface area contributed by atoms with Gasteiger partial charge in [0.15, 0.2) is 0 Å². The number of hydrogen-bond acceptors (Lipinski definition) is 0. The molecule has 1 heteroatoms. The molecule has 0 saturated heterocycles. The highest BCUT2D eigenvalue weighted by Gasteiger charge is 2.25. The van der Waals surface area contributed by atoms with Gasteiger partial charge in [0.2, 0.25) is 0 Å². The van der Waals surface area contributed by atoms with Gasteiger partial charge in [-0.25, -0.2) is 0 Å². The first-order valence-corrected chi connectivity index (χ1v) is 27.6. The third-order valence-electron chi connectivity index (χ3n) is 13.7. The van der Waals surface area contributed by atoms with E-state index in [-0.39, 0.29) is 0 Å². The Hall–Kier alpha value is -0.0400. The van der Waals surface area contributed by atoms with Crippen molar-refractivity contribution < 1.29 is 4.48 Å². The van der Waals surface area contributed by atoms with Crippen molar-refractivity contribution in [3.8, 4) is 0 Å². The predicted octanol–water partition coefficient (Wildman–Crippen LogP) is 20.2. The molecule has 0 fully saturated rings. The van der Waals surface area contributed by atoms with Crippen molar-refractivity contribution in [3.63, 3.8) is 0 Å². The van der Waals surface area contributed by atoms with E-state index in [1.165, 1.54) is 332 Å². The predicted molar refractivity (Wildman–Crippen MR) is 259 cm³/mol. The van der Waals surface area contributed by atoms with E-state index in [0.29, 0.717) is 0 Å². The fourth-order valence-electron chi connectivity index (χ4n) is 9.65. The molecule has 0 aromatic carbocycles. The lowest BCUT2D eigenvalue weighted by Crippen LogP contribution is -2.50. The van der Waals surface area contributed by atoms with Crippen molar-refractivity contribution in [1.29, 1.82) is 0 Å². The Morgan fingerprint density at radius 3 is 0.375 bits per heavy atom. The third-order valence-corrected chi connectivity index (χ3v) is 13.7. The van der Waals surface area contributed by atoms with Crippen LogP contribution in [0, 0.1) is 0 Å². The first-order valence-electron chi connectivity index (χ1n) is 27.6. The number of quaternary nitrogens is 1. The molecule has 0 bridgehead atoms. The summed E-state index contributed by atoms with van der Waals surface area (Å²) in [5.41, 5.74) is 0. The zero-order valence-electron chi connectivity index (χ0n) is 40.5. The van der Waals surface area contributed by atoms with Crippen LogP contribution in [0.3, 0.4) is 0 Å². The molecule has 0 aromatic heterocycles. The third kappa shape index (κ3) is 43.5. The molecular weight excluding hydrogens is 675 g/mol. The van der Waals surface area contributed by atoms with Gasteiger partial charge in [-0.1, -0.05) is 278 Å². The topological polar surface area (TPSA) is 0 Å². The monoisotopic (exact) mass is 789 g/mol. The standard InChI is InChI=1S/C55H114N/c1-5-9-13-17-20-23-26-29-32-35-38-41-45-49-53-56(52-48-44-16-12-8-4,54-50-46-42-39-36-33-30-27-24-21-18-14-10-6-2)55-51-47-43-40-37-34-31-28-25-22-19-15-11-7-3/h5-55H2,1-4H3/q+1. The van der Waals surface area contributed by atoms with E-state index in [1.54, 1.807) is 0 Å². The SMILES string of the molecule is CCCCCCCCCCCCCCCC[N+](CCCCCCC)(CCCCCCCCCCCCCCCC)CCCCCCCCCCCCCCCC. The summed E-state index contributed by atoms with van der Waals surface area (Å²) in [7, 11) is 0. The Bertz CT molecular complexity index is 591. The van der Waals surface area contributed by atoms with E-state index in [4.69, 9.17) is 0 Å². The molecule has 0 heterocycles. The Kier molecular flexibility index (Phi) is 49.3. The van der Waals surface area contributed by atoms with E-state index in [2.05, 4.69) is 27.7 Å². The first-order chi connectivity index (χ1) is 27.7. The highest BCUT2D eigenvalue weighted by Crippen LogP contribution is 2.22. The van der Waals surface area contributed by atoms with Crippen molar-refractivity contribution in [2.75, 3.05) is 26.2 Å². The molecular formula is C55H114N+. The minimum Gasteiger partial charge on any atom is -0.324 e. The van der Waals surface area contributed by atoms with Gasteiger partial charge in [-0.3, -0.25) is 0 Å². The van der Waals surface area contributed by atoms with Gasteiger partial charge in [-0.15, -0.1) is 0 Å². The molecule has 338 valence electrons. The van der Waals surface area contributed by atoms with Crippen LogP contribution in [0.15, 0.2) is 0 Å². The van der Waals surface area contributed by atoms with E-state index in [0.717, 1.165) is 0 Å². The quantitative estimate of drug-likeness (QED) is 0.0425. The molecule has 0 aliphatic heterocycles. The van der Waals surface area contributed by atoms with Crippen molar-refractivity contribution in [3.05, 3.63) is 0 Å². The molecule has 0 unspecified atom stereocenters. The first kappa shape index (κ1) is 56.0. The maximum Gasteiger partial charge on any atom is 0.0786 e.